The molecule has 1 fully saturated rings. The lowest BCUT2D eigenvalue weighted by atomic mass is 9.89. The number of carbonyl (C=O) groups excluding carboxylic acids is 3. The highest BCUT2D eigenvalue weighted by Gasteiger charge is 2.39. The van der Waals surface area contributed by atoms with Crippen molar-refractivity contribution in [1.29, 1.82) is 0 Å². The van der Waals surface area contributed by atoms with Crippen molar-refractivity contribution in [3.8, 4) is 17.2 Å². The van der Waals surface area contributed by atoms with E-state index in [1.165, 1.54) is 31.4 Å². The molecule has 3 rings (SSSR count). The Labute approximate surface area is 327 Å². The normalized spacial score (nSPS) is 19.1. The Morgan fingerprint density at radius 3 is 2.51 bits per heavy atom. The smallest absolute Gasteiger partial charge is 0.416 e. The fourth-order valence-corrected chi connectivity index (χ4v) is 5.76. The monoisotopic (exact) mass is 810 g/mol. The summed E-state index contributed by atoms with van der Waals surface area (Å²) in [6.07, 6.45) is 4.49. The zero-order valence-electron chi connectivity index (χ0n) is 31.3. The van der Waals surface area contributed by atoms with Crippen LogP contribution in [0.25, 0.3) is 6.08 Å². The highest BCUT2D eigenvalue weighted by Crippen LogP contribution is 2.36. The number of nitrogens with zero attached hydrogens (tertiary/aromatic N) is 1. The van der Waals surface area contributed by atoms with Crippen molar-refractivity contribution in [2.75, 3.05) is 33.5 Å². The van der Waals surface area contributed by atoms with Crippen molar-refractivity contribution in [2.45, 2.75) is 69.4 Å². The Hall–Kier alpha value is -4.82. The Kier molecular flexibility index (Phi) is 19.7. The molecular formula is C39H49F3N2O13. The van der Waals surface area contributed by atoms with Crippen LogP contribution in [0.3, 0.4) is 0 Å². The number of ether oxygens (including phenoxy) is 4. The zero-order valence-corrected chi connectivity index (χ0v) is 31.3. The first-order valence-corrected chi connectivity index (χ1v) is 18.1. The Morgan fingerprint density at radius 2 is 1.77 bits per heavy atom. The minimum Gasteiger partial charge on any atom is -0.493 e. The lowest BCUT2D eigenvalue weighted by molar-refractivity contribution is -0.492. The quantitative estimate of drug-likeness (QED) is 0.0299. The van der Waals surface area contributed by atoms with Crippen molar-refractivity contribution in [1.82, 2.24) is 10.7 Å². The summed E-state index contributed by atoms with van der Waals surface area (Å²) in [7, 11) is 1.39. The van der Waals surface area contributed by atoms with Crippen LogP contribution >= 0.6 is 0 Å². The van der Waals surface area contributed by atoms with Gasteiger partial charge in [-0.1, -0.05) is 42.5 Å². The summed E-state index contributed by atoms with van der Waals surface area (Å²) in [6, 6.07) is 9.06. The molecule has 57 heavy (non-hydrogen) atoms. The number of amides is 1. The largest absolute Gasteiger partial charge is 0.493 e. The molecule has 314 valence electrons. The number of halogens is 3. The van der Waals surface area contributed by atoms with Gasteiger partial charge >= 0.3 is 18.1 Å². The predicted molar refractivity (Wildman–Crippen MR) is 196 cm³/mol. The second-order valence-electron chi connectivity index (χ2n) is 12.9. The van der Waals surface area contributed by atoms with Crippen molar-refractivity contribution in [2.24, 2.45) is 11.8 Å². The Morgan fingerprint density at radius 1 is 0.982 bits per heavy atom. The van der Waals surface area contributed by atoms with Crippen molar-refractivity contribution < 1.29 is 77.1 Å². The molecule has 18 heteroatoms. The van der Waals surface area contributed by atoms with Crippen LogP contribution in [0.2, 0.25) is 0 Å². The number of esters is 2. The minimum atomic E-state index is -4.53. The maximum absolute atomic E-state index is 12.9. The molecule has 5 atom stereocenters. The van der Waals surface area contributed by atoms with Gasteiger partial charge in [-0.2, -0.15) is 13.2 Å². The second-order valence-corrected chi connectivity index (χ2v) is 12.9. The standard InChI is InChI=1S/C39H49F3N2O13/c1-53-35-21-26(9-7-19-54-37(49)14-8-20-56-44(51)52)15-18-34(35)57-38(50)24-43-36(48)13-5-3-2-4-12-30-31(33(47)23-32(30)46)17-16-28(45)25-55-29-11-6-10-27(22-29)39(40,41)42/h2,4,6-7,9-11,15-18,21-22,28,30-33,45-47,51-52H,3,5,8,12-14,19-20,23-25H2,1H3,(H,43,48)/b4-2-,9-7+,17-16+/t28-,30-,31-,32+,33-/m1/s1. The number of unbranched alkanes of at least 4 members (excludes halogenated alkanes) is 1. The van der Waals surface area contributed by atoms with Crippen LogP contribution in [0.1, 0.15) is 56.1 Å². The molecule has 0 aromatic heterocycles. The van der Waals surface area contributed by atoms with Gasteiger partial charge in [-0.25, -0.2) is 4.79 Å². The van der Waals surface area contributed by atoms with Crippen LogP contribution in [0.15, 0.2) is 72.8 Å². The van der Waals surface area contributed by atoms with Gasteiger partial charge in [0.25, 0.3) is 0 Å². The van der Waals surface area contributed by atoms with E-state index >= 15 is 0 Å². The molecule has 1 amide bonds. The van der Waals surface area contributed by atoms with E-state index in [0.717, 1.165) is 12.1 Å². The van der Waals surface area contributed by atoms with Gasteiger partial charge in [0.15, 0.2) is 11.5 Å². The molecule has 1 saturated carbocycles. The van der Waals surface area contributed by atoms with E-state index in [2.05, 4.69) is 10.2 Å². The van der Waals surface area contributed by atoms with E-state index < -0.39 is 53.3 Å². The third-order valence-corrected chi connectivity index (χ3v) is 8.63. The van der Waals surface area contributed by atoms with Crippen molar-refractivity contribution >= 4 is 23.9 Å². The number of benzene rings is 2. The molecule has 1 aliphatic carbocycles. The highest BCUT2D eigenvalue weighted by atomic mass is 19.4. The van der Waals surface area contributed by atoms with E-state index in [9.17, 15) is 42.9 Å². The first-order valence-electron chi connectivity index (χ1n) is 18.1. The van der Waals surface area contributed by atoms with Gasteiger partial charge in [-0.15, -0.1) is 0 Å². The predicted octanol–water partition coefficient (Wildman–Crippen LogP) is 4.55. The third kappa shape index (κ3) is 17.5. The molecular weight excluding hydrogens is 761 g/mol. The molecule has 15 nitrogen and oxygen atoms in total. The molecule has 0 unspecified atom stereocenters. The van der Waals surface area contributed by atoms with Gasteiger partial charge in [-0.3, -0.25) is 24.8 Å². The Balaban J connectivity index is 1.34. The first-order chi connectivity index (χ1) is 27.2. The average molecular weight is 811 g/mol. The van der Waals surface area contributed by atoms with E-state index in [1.807, 2.05) is 12.2 Å². The third-order valence-electron chi connectivity index (χ3n) is 8.63. The van der Waals surface area contributed by atoms with Crippen LogP contribution in [0, 0.1) is 11.8 Å². The zero-order chi connectivity index (χ0) is 41.8. The van der Waals surface area contributed by atoms with Gasteiger partial charge in [0.05, 0.1) is 36.9 Å². The molecule has 6 N–H and O–H groups in total. The molecule has 0 radical (unpaired) electrons. The van der Waals surface area contributed by atoms with Crippen molar-refractivity contribution in [3.63, 3.8) is 0 Å². The first kappa shape index (κ1) is 46.6. The minimum absolute atomic E-state index is 0.0126. The summed E-state index contributed by atoms with van der Waals surface area (Å²) in [5.41, 5.74) is -0.209. The maximum atomic E-state index is 12.9. The molecule has 2 aromatic carbocycles. The number of hydrogen-bond acceptors (Lipinski definition) is 14. The average Bonchev–Trinajstić information content (AvgIpc) is 3.44. The molecule has 0 heterocycles. The molecule has 1 aliphatic rings. The number of hydrogen-bond donors (Lipinski definition) is 6. The summed E-state index contributed by atoms with van der Waals surface area (Å²) in [4.78, 5) is 40.8. The second kappa shape index (κ2) is 24.1. The van der Waals surface area contributed by atoms with Gasteiger partial charge < -0.3 is 39.6 Å². The molecule has 0 aliphatic heterocycles. The van der Waals surface area contributed by atoms with Crippen LogP contribution in [-0.4, -0.2) is 101 Å². The molecule has 0 spiro atoms. The molecule has 0 saturated heterocycles. The van der Waals surface area contributed by atoms with Crippen LogP contribution < -0.4 is 19.5 Å². The fraction of sp³-hybridized carbons (Fsp3) is 0.462. The van der Waals surface area contributed by atoms with Crippen LogP contribution in [0.4, 0.5) is 13.2 Å². The summed E-state index contributed by atoms with van der Waals surface area (Å²) in [5.74, 6) is -2.08. The number of nitrogens with one attached hydrogen (secondary N) is 1. The van der Waals surface area contributed by atoms with Crippen LogP contribution in [-0.2, 0) is 30.1 Å². The van der Waals surface area contributed by atoms with Gasteiger partial charge in [0, 0.05) is 25.2 Å². The van der Waals surface area contributed by atoms with E-state index in [1.54, 1.807) is 30.4 Å². The Bertz CT molecular complexity index is 1670. The van der Waals surface area contributed by atoms with Gasteiger partial charge in [0.2, 0.25) is 5.91 Å². The number of aliphatic hydroxyl groups excluding tert-OH is 3. The van der Waals surface area contributed by atoms with Crippen LogP contribution in [0.5, 0.6) is 17.2 Å². The maximum Gasteiger partial charge on any atom is 0.416 e. The van der Waals surface area contributed by atoms with Crippen molar-refractivity contribution in [3.05, 3.63) is 84.0 Å². The van der Waals surface area contributed by atoms with E-state index in [-0.39, 0.29) is 81.1 Å². The SMILES string of the molecule is COc1cc(/C=C/COC(=O)CCCON(O)O)ccc1OC(=O)CNC(=O)CCC/C=C\C[C@@H]1[C@@H](/C=C/[C@@H](O)COc2cccc(C(F)(F)F)c2)[C@H](O)C[C@@H]1O. The highest BCUT2D eigenvalue weighted by molar-refractivity contribution is 5.83. The number of allylic oxidation sites excluding steroid dienone is 2. The van der Waals surface area contributed by atoms with E-state index in [0.29, 0.717) is 24.8 Å². The number of rotatable bonds is 23. The number of methoxy groups -OCH3 is 1. The van der Waals surface area contributed by atoms with Gasteiger partial charge in [0.1, 0.15) is 31.6 Å². The summed E-state index contributed by atoms with van der Waals surface area (Å²) in [6.45, 7) is -0.782. The molecule has 2 aromatic rings. The fourth-order valence-electron chi connectivity index (χ4n) is 5.76. The summed E-state index contributed by atoms with van der Waals surface area (Å²) >= 11 is 0. The number of aliphatic hydroxyl groups is 3. The van der Waals surface area contributed by atoms with Gasteiger partial charge in [-0.05, 0) is 73.6 Å². The van der Waals surface area contributed by atoms with E-state index in [4.69, 9.17) is 29.4 Å². The lowest BCUT2D eigenvalue weighted by Crippen LogP contribution is -2.31. The molecule has 0 bridgehead atoms. The summed E-state index contributed by atoms with van der Waals surface area (Å²) in [5, 5.41) is 50.3. The lowest BCUT2D eigenvalue weighted by Gasteiger charge is -2.19. The number of alkyl halides is 3. The topological polar surface area (TPSA) is 214 Å². The summed E-state index contributed by atoms with van der Waals surface area (Å²) < 4.78 is 59.8. The number of carbonyl (C=O) groups is 3.